The third-order valence-electron chi connectivity index (χ3n) is 3.71. The maximum Gasteiger partial charge on any atom is 0.141 e. The molecule has 0 amide bonds. The molecule has 1 nitrogen and oxygen atoms in total. The minimum Gasteiger partial charge on any atom is -0.392 e. The zero-order valence-electron chi connectivity index (χ0n) is 10.00. The molecule has 1 N–H and O–H groups in total. The molecule has 0 bridgehead atoms. The molecule has 2 rings (SSSR count). The van der Waals surface area contributed by atoms with Crippen molar-refractivity contribution >= 4 is 11.6 Å². The van der Waals surface area contributed by atoms with Gasteiger partial charge in [-0.3, -0.25) is 0 Å². The first-order valence-electron chi connectivity index (χ1n) is 6.18. The molecule has 3 atom stereocenters. The lowest BCUT2D eigenvalue weighted by atomic mass is 9.94. The number of aliphatic hydroxyl groups is 1. The fourth-order valence-corrected chi connectivity index (χ4v) is 2.88. The molecule has 3 heteroatoms. The van der Waals surface area contributed by atoms with Crippen LogP contribution in [0.5, 0.6) is 0 Å². The standard InChI is InChI=1S/C14H18ClFO/c1-9-2-4-11(6-9)14(17)8-10-3-5-13(16)12(15)7-10/h3,5,7,9,11,14,17H,2,4,6,8H2,1H3. The predicted molar refractivity (Wildman–Crippen MR) is 67.6 cm³/mol. The van der Waals surface area contributed by atoms with Gasteiger partial charge in [0.2, 0.25) is 0 Å². The smallest absolute Gasteiger partial charge is 0.141 e. The molecule has 1 fully saturated rings. The van der Waals surface area contributed by atoms with Crippen LogP contribution in [-0.4, -0.2) is 11.2 Å². The minimum atomic E-state index is -0.403. The average molecular weight is 257 g/mol. The topological polar surface area (TPSA) is 20.2 Å². The maximum absolute atomic E-state index is 13.0. The van der Waals surface area contributed by atoms with Gasteiger partial charge in [-0.05, 0) is 48.8 Å². The summed E-state index contributed by atoms with van der Waals surface area (Å²) in [5.74, 6) is 0.694. The third-order valence-corrected chi connectivity index (χ3v) is 4.00. The van der Waals surface area contributed by atoms with Crippen molar-refractivity contribution in [2.75, 3.05) is 0 Å². The summed E-state index contributed by atoms with van der Waals surface area (Å²) in [4.78, 5) is 0. The summed E-state index contributed by atoms with van der Waals surface area (Å²) in [6.45, 7) is 2.22. The molecule has 0 heterocycles. The van der Waals surface area contributed by atoms with E-state index in [0.29, 0.717) is 18.3 Å². The van der Waals surface area contributed by atoms with Crippen molar-refractivity contribution in [1.29, 1.82) is 0 Å². The van der Waals surface area contributed by atoms with E-state index in [0.717, 1.165) is 18.4 Å². The van der Waals surface area contributed by atoms with Crippen LogP contribution >= 0.6 is 11.6 Å². The van der Waals surface area contributed by atoms with E-state index in [9.17, 15) is 9.50 Å². The van der Waals surface area contributed by atoms with Gasteiger partial charge in [0, 0.05) is 0 Å². The zero-order chi connectivity index (χ0) is 12.4. The number of hydrogen-bond acceptors (Lipinski definition) is 1. The van der Waals surface area contributed by atoms with E-state index in [4.69, 9.17) is 11.6 Å². The summed E-state index contributed by atoms with van der Waals surface area (Å²) in [6, 6.07) is 4.67. The molecular formula is C14H18ClFO. The second-order valence-corrected chi connectivity index (χ2v) is 5.61. The Kier molecular flexibility index (Phi) is 4.05. The monoisotopic (exact) mass is 256 g/mol. The van der Waals surface area contributed by atoms with Crippen LogP contribution in [-0.2, 0) is 6.42 Å². The SMILES string of the molecule is CC1CCC(C(O)Cc2ccc(F)c(Cl)c2)C1. The summed E-state index contributed by atoms with van der Waals surface area (Å²) < 4.78 is 13.0. The van der Waals surface area contributed by atoms with Gasteiger partial charge in [0.05, 0.1) is 11.1 Å². The third kappa shape index (κ3) is 3.20. The highest BCUT2D eigenvalue weighted by molar-refractivity contribution is 6.30. The van der Waals surface area contributed by atoms with Crippen molar-refractivity contribution < 1.29 is 9.50 Å². The summed E-state index contributed by atoms with van der Waals surface area (Å²) >= 11 is 5.72. The predicted octanol–water partition coefficient (Wildman–Crippen LogP) is 3.82. The lowest BCUT2D eigenvalue weighted by Crippen LogP contribution is -2.20. The van der Waals surface area contributed by atoms with Crippen molar-refractivity contribution in [3.8, 4) is 0 Å². The molecule has 0 spiro atoms. The molecule has 1 aromatic rings. The Morgan fingerprint density at radius 1 is 1.47 bits per heavy atom. The lowest BCUT2D eigenvalue weighted by molar-refractivity contribution is 0.109. The lowest BCUT2D eigenvalue weighted by Gasteiger charge is -2.18. The van der Waals surface area contributed by atoms with E-state index in [1.165, 1.54) is 12.5 Å². The van der Waals surface area contributed by atoms with E-state index in [1.54, 1.807) is 12.1 Å². The molecule has 17 heavy (non-hydrogen) atoms. The van der Waals surface area contributed by atoms with Crippen LogP contribution in [0, 0.1) is 17.7 Å². The Hall–Kier alpha value is -0.600. The summed E-state index contributed by atoms with van der Waals surface area (Å²) in [7, 11) is 0. The van der Waals surface area contributed by atoms with Gasteiger partial charge in [0.15, 0.2) is 0 Å². The molecule has 3 unspecified atom stereocenters. The van der Waals surface area contributed by atoms with Crippen molar-refractivity contribution in [3.63, 3.8) is 0 Å². The van der Waals surface area contributed by atoms with Crippen molar-refractivity contribution in [1.82, 2.24) is 0 Å². The van der Waals surface area contributed by atoms with E-state index < -0.39 is 5.82 Å². The molecule has 1 aliphatic carbocycles. The van der Waals surface area contributed by atoms with Crippen molar-refractivity contribution in [2.45, 2.75) is 38.7 Å². The Morgan fingerprint density at radius 2 is 2.24 bits per heavy atom. The molecule has 0 aromatic heterocycles. The van der Waals surface area contributed by atoms with Gasteiger partial charge >= 0.3 is 0 Å². The largest absolute Gasteiger partial charge is 0.392 e. The summed E-state index contributed by atoms with van der Waals surface area (Å²) in [5.41, 5.74) is 0.906. The molecule has 0 aliphatic heterocycles. The van der Waals surface area contributed by atoms with Gasteiger partial charge in [-0.1, -0.05) is 31.0 Å². The van der Waals surface area contributed by atoms with Gasteiger partial charge in [0.1, 0.15) is 5.82 Å². The van der Waals surface area contributed by atoms with Crippen LogP contribution in [0.1, 0.15) is 31.7 Å². The van der Waals surface area contributed by atoms with Crippen LogP contribution in [0.25, 0.3) is 0 Å². The fraction of sp³-hybridized carbons (Fsp3) is 0.571. The molecule has 94 valence electrons. The van der Waals surface area contributed by atoms with E-state index in [2.05, 4.69) is 6.92 Å². The number of benzene rings is 1. The number of halogens is 2. The van der Waals surface area contributed by atoms with E-state index >= 15 is 0 Å². The number of aliphatic hydroxyl groups excluding tert-OH is 1. The van der Waals surface area contributed by atoms with Gasteiger partial charge in [-0.25, -0.2) is 4.39 Å². The summed E-state index contributed by atoms with van der Waals surface area (Å²) in [5, 5.41) is 10.3. The molecule has 1 aromatic carbocycles. The van der Waals surface area contributed by atoms with Gasteiger partial charge < -0.3 is 5.11 Å². The van der Waals surface area contributed by atoms with E-state index in [-0.39, 0.29) is 11.1 Å². The summed E-state index contributed by atoms with van der Waals surface area (Å²) in [6.07, 6.45) is 3.62. The number of rotatable bonds is 3. The van der Waals surface area contributed by atoms with Crippen LogP contribution in [0.4, 0.5) is 4.39 Å². The van der Waals surface area contributed by atoms with Gasteiger partial charge in [-0.15, -0.1) is 0 Å². The second kappa shape index (κ2) is 5.36. The second-order valence-electron chi connectivity index (χ2n) is 5.20. The highest BCUT2D eigenvalue weighted by Gasteiger charge is 2.27. The van der Waals surface area contributed by atoms with Gasteiger partial charge in [-0.2, -0.15) is 0 Å². The van der Waals surface area contributed by atoms with Crippen LogP contribution in [0.15, 0.2) is 18.2 Å². The van der Waals surface area contributed by atoms with Crippen LogP contribution in [0.3, 0.4) is 0 Å². The molecule has 1 aliphatic rings. The Bertz CT molecular complexity index is 394. The molecule has 0 saturated heterocycles. The average Bonchev–Trinajstić information content (AvgIpc) is 2.70. The highest BCUT2D eigenvalue weighted by atomic mass is 35.5. The fourth-order valence-electron chi connectivity index (χ4n) is 2.68. The first-order valence-corrected chi connectivity index (χ1v) is 6.56. The Morgan fingerprint density at radius 3 is 2.82 bits per heavy atom. The number of hydrogen-bond donors (Lipinski definition) is 1. The molecule has 1 saturated carbocycles. The maximum atomic E-state index is 13.0. The Labute approximate surface area is 107 Å². The normalized spacial score (nSPS) is 26.1. The highest BCUT2D eigenvalue weighted by Crippen LogP contribution is 2.33. The first kappa shape index (κ1) is 12.8. The Balaban J connectivity index is 1.98. The van der Waals surface area contributed by atoms with Crippen molar-refractivity contribution in [2.24, 2.45) is 11.8 Å². The minimum absolute atomic E-state index is 0.134. The zero-order valence-corrected chi connectivity index (χ0v) is 10.8. The first-order chi connectivity index (χ1) is 8.06. The van der Waals surface area contributed by atoms with Crippen LogP contribution in [0.2, 0.25) is 5.02 Å². The quantitative estimate of drug-likeness (QED) is 0.872. The van der Waals surface area contributed by atoms with Crippen LogP contribution < -0.4 is 0 Å². The van der Waals surface area contributed by atoms with Gasteiger partial charge in [0.25, 0.3) is 0 Å². The molecular weight excluding hydrogens is 239 g/mol. The van der Waals surface area contributed by atoms with E-state index in [1.807, 2.05) is 0 Å². The molecule has 0 radical (unpaired) electrons. The van der Waals surface area contributed by atoms with Crippen molar-refractivity contribution in [3.05, 3.63) is 34.6 Å².